The number of nitrogens with one attached hydrogen (secondary N) is 1. The van der Waals surface area contributed by atoms with Crippen molar-refractivity contribution in [1.29, 1.82) is 0 Å². The fraction of sp³-hybridized carbons (Fsp3) is 0.538. The third kappa shape index (κ3) is 5.18. The van der Waals surface area contributed by atoms with Gasteiger partial charge in [0, 0.05) is 12.7 Å². The van der Waals surface area contributed by atoms with Gasteiger partial charge >= 0.3 is 0 Å². The van der Waals surface area contributed by atoms with E-state index in [2.05, 4.69) is 24.1 Å². The topological polar surface area (TPSA) is 42.0 Å². The first-order valence-corrected chi connectivity index (χ1v) is 6.37. The van der Waals surface area contributed by atoms with Gasteiger partial charge in [0.05, 0.1) is 5.56 Å². The smallest absolute Gasteiger partial charge is 0.254 e. The van der Waals surface area contributed by atoms with Crippen LogP contribution in [0.1, 0.15) is 43.5 Å². The largest absolute Gasteiger partial charge is 0.352 e. The van der Waals surface area contributed by atoms with Gasteiger partial charge in [-0.1, -0.05) is 38.3 Å². The van der Waals surface area contributed by atoms with Crippen molar-refractivity contribution in [1.82, 2.24) is 10.3 Å². The Bertz CT molecular complexity index is 366. The second-order valence-electron chi connectivity index (χ2n) is 4.49. The van der Waals surface area contributed by atoms with Gasteiger partial charge in [-0.3, -0.25) is 4.79 Å². The minimum atomic E-state index is -0.146. The maximum atomic E-state index is 11.7. The molecule has 0 saturated heterocycles. The van der Waals surface area contributed by atoms with Crippen molar-refractivity contribution in [2.75, 3.05) is 6.54 Å². The van der Waals surface area contributed by atoms with E-state index in [0.29, 0.717) is 12.1 Å². The summed E-state index contributed by atoms with van der Waals surface area (Å²) in [5, 5.41) is 3.11. The average molecular weight is 255 g/mol. The van der Waals surface area contributed by atoms with E-state index in [9.17, 15) is 4.79 Å². The lowest BCUT2D eigenvalue weighted by Gasteiger charge is -2.07. The van der Waals surface area contributed by atoms with E-state index in [1.165, 1.54) is 6.42 Å². The summed E-state index contributed by atoms with van der Waals surface area (Å²) in [5.41, 5.74) is 0.443. The molecule has 0 unspecified atom stereocenters. The van der Waals surface area contributed by atoms with Gasteiger partial charge in [-0.15, -0.1) is 0 Å². The van der Waals surface area contributed by atoms with Crippen LogP contribution in [0.2, 0.25) is 5.15 Å². The Balaban J connectivity index is 2.29. The standard InChI is InChI=1S/C13H19ClN2O/c1-10(2)6-3-4-8-16-13(17)11-7-5-9-15-12(11)14/h5,7,9-10H,3-4,6,8H2,1-2H3,(H,16,17). The summed E-state index contributed by atoms with van der Waals surface area (Å²) >= 11 is 5.83. The van der Waals surface area contributed by atoms with Gasteiger partial charge in [0.2, 0.25) is 0 Å². The Kier molecular flexibility index (Phi) is 5.98. The molecule has 0 aliphatic carbocycles. The van der Waals surface area contributed by atoms with Gasteiger partial charge < -0.3 is 5.32 Å². The van der Waals surface area contributed by atoms with Crippen LogP contribution >= 0.6 is 11.6 Å². The molecule has 0 aliphatic rings. The Morgan fingerprint density at radius 1 is 1.47 bits per heavy atom. The Hall–Kier alpha value is -1.09. The molecule has 0 radical (unpaired) electrons. The Morgan fingerprint density at radius 3 is 2.88 bits per heavy atom. The zero-order chi connectivity index (χ0) is 12.7. The summed E-state index contributed by atoms with van der Waals surface area (Å²) < 4.78 is 0. The van der Waals surface area contributed by atoms with E-state index in [0.717, 1.165) is 18.8 Å². The van der Waals surface area contributed by atoms with Crippen molar-refractivity contribution in [3.05, 3.63) is 29.0 Å². The van der Waals surface area contributed by atoms with Crippen molar-refractivity contribution in [2.24, 2.45) is 5.92 Å². The molecule has 0 spiro atoms. The molecule has 1 heterocycles. The molecule has 0 atom stereocenters. The van der Waals surface area contributed by atoms with Gasteiger partial charge in [0.25, 0.3) is 5.91 Å². The minimum Gasteiger partial charge on any atom is -0.352 e. The highest BCUT2D eigenvalue weighted by molar-refractivity contribution is 6.32. The number of amides is 1. The molecule has 4 heteroatoms. The molecule has 1 aromatic rings. The highest BCUT2D eigenvalue weighted by atomic mass is 35.5. The number of hydrogen-bond acceptors (Lipinski definition) is 2. The van der Waals surface area contributed by atoms with Gasteiger partial charge in [0.1, 0.15) is 5.15 Å². The lowest BCUT2D eigenvalue weighted by molar-refractivity contribution is 0.0952. The highest BCUT2D eigenvalue weighted by Gasteiger charge is 2.09. The summed E-state index contributed by atoms with van der Waals surface area (Å²) in [6.07, 6.45) is 4.91. The van der Waals surface area contributed by atoms with Crippen LogP contribution in [0.3, 0.4) is 0 Å². The molecule has 1 amide bonds. The normalized spacial score (nSPS) is 10.6. The molecule has 1 rings (SSSR count). The van der Waals surface area contributed by atoms with Gasteiger partial charge in [-0.2, -0.15) is 0 Å². The van der Waals surface area contributed by atoms with Gasteiger partial charge in [-0.25, -0.2) is 4.98 Å². The Labute approximate surface area is 108 Å². The van der Waals surface area contributed by atoms with Crippen LogP contribution < -0.4 is 5.32 Å². The van der Waals surface area contributed by atoms with E-state index >= 15 is 0 Å². The summed E-state index contributed by atoms with van der Waals surface area (Å²) in [7, 11) is 0. The first-order chi connectivity index (χ1) is 8.11. The molecule has 0 fully saturated rings. The zero-order valence-corrected chi connectivity index (χ0v) is 11.1. The van der Waals surface area contributed by atoms with E-state index in [-0.39, 0.29) is 11.1 Å². The Morgan fingerprint density at radius 2 is 2.24 bits per heavy atom. The molecule has 17 heavy (non-hydrogen) atoms. The quantitative estimate of drug-likeness (QED) is 0.625. The number of carbonyl (C=O) groups is 1. The van der Waals surface area contributed by atoms with Gasteiger partial charge in [-0.05, 0) is 24.5 Å². The molecule has 1 N–H and O–H groups in total. The number of rotatable bonds is 6. The highest BCUT2D eigenvalue weighted by Crippen LogP contribution is 2.11. The molecule has 0 bridgehead atoms. The third-order valence-electron chi connectivity index (χ3n) is 2.50. The lowest BCUT2D eigenvalue weighted by atomic mass is 10.1. The van der Waals surface area contributed by atoms with Crippen LogP contribution in [0.4, 0.5) is 0 Å². The monoisotopic (exact) mass is 254 g/mol. The third-order valence-corrected chi connectivity index (χ3v) is 2.80. The van der Waals surface area contributed by atoms with Gasteiger partial charge in [0.15, 0.2) is 0 Å². The number of nitrogens with zero attached hydrogens (tertiary/aromatic N) is 1. The molecule has 0 aromatic carbocycles. The molecule has 94 valence electrons. The number of unbranched alkanes of at least 4 members (excludes halogenated alkanes) is 1. The van der Waals surface area contributed by atoms with E-state index < -0.39 is 0 Å². The summed E-state index contributed by atoms with van der Waals surface area (Å²) in [6, 6.07) is 3.39. The van der Waals surface area contributed by atoms with Crippen molar-refractivity contribution in [3.8, 4) is 0 Å². The molecule has 0 saturated carbocycles. The van der Waals surface area contributed by atoms with Crippen LogP contribution in [0.15, 0.2) is 18.3 Å². The molecule has 0 aliphatic heterocycles. The van der Waals surface area contributed by atoms with Crippen molar-refractivity contribution < 1.29 is 4.79 Å². The zero-order valence-electron chi connectivity index (χ0n) is 10.4. The van der Waals surface area contributed by atoms with Crippen LogP contribution in [0.5, 0.6) is 0 Å². The fourth-order valence-electron chi connectivity index (χ4n) is 1.53. The predicted octanol–water partition coefficient (Wildman–Crippen LogP) is 3.29. The van der Waals surface area contributed by atoms with Crippen LogP contribution in [0, 0.1) is 5.92 Å². The number of carbonyl (C=O) groups excluding carboxylic acids is 1. The van der Waals surface area contributed by atoms with Crippen molar-refractivity contribution >= 4 is 17.5 Å². The lowest BCUT2D eigenvalue weighted by Crippen LogP contribution is -2.24. The van der Waals surface area contributed by atoms with Crippen LogP contribution in [-0.4, -0.2) is 17.4 Å². The first-order valence-electron chi connectivity index (χ1n) is 6.00. The maximum Gasteiger partial charge on any atom is 0.254 e. The minimum absolute atomic E-state index is 0.146. The molecule has 3 nitrogen and oxygen atoms in total. The second-order valence-corrected chi connectivity index (χ2v) is 4.85. The molecule has 1 aromatic heterocycles. The number of hydrogen-bond donors (Lipinski definition) is 1. The fourth-order valence-corrected chi connectivity index (χ4v) is 1.74. The number of pyridine rings is 1. The summed E-state index contributed by atoms with van der Waals surface area (Å²) in [5.74, 6) is 0.575. The first kappa shape index (κ1) is 14.0. The number of aromatic nitrogens is 1. The molecular weight excluding hydrogens is 236 g/mol. The summed E-state index contributed by atoms with van der Waals surface area (Å²) in [4.78, 5) is 15.6. The second kappa shape index (κ2) is 7.28. The SMILES string of the molecule is CC(C)CCCCNC(=O)c1cccnc1Cl. The van der Waals surface area contributed by atoms with E-state index in [4.69, 9.17) is 11.6 Å². The molecular formula is C13H19ClN2O. The van der Waals surface area contributed by atoms with Crippen molar-refractivity contribution in [3.63, 3.8) is 0 Å². The van der Waals surface area contributed by atoms with Crippen molar-refractivity contribution in [2.45, 2.75) is 33.1 Å². The van der Waals surface area contributed by atoms with E-state index in [1.807, 2.05) is 0 Å². The average Bonchev–Trinajstić information content (AvgIpc) is 2.28. The maximum absolute atomic E-state index is 11.7. The van der Waals surface area contributed by atoms with E-state index in [1.54, 1.807) is 18.3 Å². The predicted molar refractivity (Wildman–Crippen MR) is 70.3 cm³/mol. The summed E-state index contributed by atoms with van der Waals surface area (Å²) in [6.45, 7) is 5.10. The van der Waals surface area contributed by atoms with Crippen LogP contribution in [-0.2, 0) is 0 Å². The number of halogens is 1. The van der Waals surface area contributed by atoms with Crippen LogP contribution in [0.25, 0.3) is 0 Å².